The van der Waals surface area contributed by atoms with Crippen LogP contribution in [-0.4, -0.2) is 33.6 Å². The summed E-state index contributed by atoms with van der Waals surface area (Å²) in [7, 11) is -3.66. The number of amides is 1. The van der Waals surface area contributed by atoms with Crippen LogP contribution in [0.15, 0.2) is 53.4 Å². The van der Waals surface area contributed by atoms with E-state index in [0.29, 0.717) is 23.4 Å². The summed E-state index contributed by atoms with van der Waals surface area (Å²) in [6, 6.07) is 14.2. The Morgan fingerprint density at radius 1 is 1.22 bits per heavy atom. The summed E-state index contributed by atoms with van der Waals surface area (Å²) in [5.74, 6) is -0.388. The minimum Gasteiger partial charge on any atom is -0.377 e. The Kier molecular flexibility index (Phi) is 5.86. The number of ether oxygens (including phenoxy) is 1. The fourth-order valence-electron chi connectivity index (χ4n) is 2.75. The fourth-order valence-corrected chi connectivity index (χ4v) is 3.81. The number of anilines is 1. The van der Waals surface area contributed by atoms with Crippen molar-refractivity contribution in [3.63, 3.8) is 0 Å². The standard InChI is InChI=1S/C19H19N3O4S/c20-12-14-3-1-4-16(11-14)22-19(23)15-6-8-18(9-7-15)27(24,25)21-13-17-5-2-10-26-17/h1,3-4,6-9,11,17,21H,2,5,10,13H2,(H,22,23)/t17-/m0/s1. The van der Waals surface area contributed by atoms with Gasteiger partial charge in [0.1, 0.15) is 0 Å². The van der Waals surface area contributed by atoms with E-state index in [1.165, 1.54) is 24.3 Å². The molecule has 27 heavy (non-hydrogen) atoms. The van der Waals surface area contributed by atoms with Gasteiger partial charge in [-0.25, -0.2) is 13.1 Å². The van der Waals surface area contributed by atoms with Gasteiger partial charge in [0.15, 0.2) is 0 Å². The number of benzene rings is 2. The molecule has 2 N–H and O–H groups in total. The Labute approximate surface area is 158 Å². The van der Waals surface area contributed by atoms with Gasteiger partial charge in [-0.05, 0) is 55.3 Å². The maximum absolute atomic E-state index is 12.3. The highest BCUT2D eigenvalue weighted by molar-refractivity contribution is 7.89. The van der Waals surface area contributed by atoms with E-state index in [9.17, 15) is 13.2 Å². The van der Waals surface area contributed by atoms with Crippen LogP contribution in [-0.2, 0) is 14.8 Å². The first-order valence-electron chi connectivity index (χ1n) is 8.51. The van der Waals surface area contributed by atoms with Gasteiger partial charge >= 0.3 is 0 Å². The summed E-state index contributed by atoms with van der Waals surface area (Å²) < 4.78 is 32.6. The van der Waals surface area contributed by atoms with Gasteiger partial charge in [-0.15, -0.1) is 0 Å². The molecule has 2 aromatic rings. The van der Waals surface area contributed by atoms with Crippen molar-refractivity contribution in [3.8, 4) is 6.07 Å². The van der Waals surface area contributed by atoms with Crippen molar-refractivity contribution in [3.05, 3.63) is 59.7 Å². The lowest BCUT2D eigenvalue weighted by atomic mass is 10.2. The normalized spacial score (nSPS) is 16.6. The highest BCUT2D eigenvalue weighted by atomic mass is 32.2. The van der Waals surface area contributed by atoms with Crippen LogP contribution >= 0.6 is 0 Å². The molecule has 3 rings (SSSR count). The predicted octanol–water partition coefficient (Wildman–Crippen LogP) is 2.27. The fraction of sp³-hybridized carbons (Fsp3) is 0.263. The highest BCUT2D eigenvalue weighted by Crippen LogP contribution is 2.16. The second kappa shape index (κ2) is 8.31. The molecule has 0 bridgehead atoms. The number of hydrogen-bond donors (Lipinski definition) is 2. The largest absolute Gasteiger partial charge is 0.377 e. The quantitative estimate of drug-likeness (QED) is 0.793. The van der Waals surface area contributed by atoms with E-state index in [1.807, 2.05) is 6.07 Å². The van der Waals surface area contributed by atoms with Crippen LogP contribution in [0.3, 0.4) is 0 Å². The minimum absolute atomic E-state index is 0.0866. The first-order chi connectivity index (χ1) is 13.0. The Bertz CT molecular complexity index is 959. The molecule has 1 saturated heterocycles. The van der Waals surface area contributed by atoms with Crippen LogP contribution < -0.4 is 10.0 Å². The molecule has 0 unspecified atom stereocenters. The first-order valence-corrected chi connectivity index (χ1v) is 9.99. The Morgan fingerprint density at radius 2 is 2.00 bits per heavy atom. The maximum Gasteiger partial charge on any atom is 0.255 e. The number of carbonyl (C=O) groups is 1. The van der Waals surface area contributed by atoms with Crippen LogP contribution in [0.25, 0.3) is 0 Å². The van der Waals surface area contributed by atoms with Gasteiger partial charge in [-0.2, -0.15) is 5.26 Å². The zero-order valence-corrected chi connectivity index (χ0v) is 15.3. The average molecular weight is 385 g/mol. The average Bonchev–Trinajstić information content (AvgIpc) is 3.20. The molecule has 0 aromatic heterocycles. The van der Waals surface area contributed by atoms with Crippen molar-refractivity contribution < 1.29 is 17.9 Å². The van der Waals surface area contributed by atoms with Gasteiger partial charge in [0.25, 0.3) is 5.91 Å². The molecule has 1 aliphatic heterocycles. The third-order valence-corrected chi connectivity index (χ3v) is 5.64. The number of nitriles is 1. The summed E-state index contributed by atoms with van der Waals surface area (Å²) >= 11 is 0. The topological polar surface area (TPSA) is 108 Å². The van der Waals surface area contributed by atoms with E-state index in [4.69, 9.17) is 10.00 Å². The summed E-state index contributed by atoms with van der Waals surface area (Å²) in [4.78, 5) is 12.4. The molecule has 0 radical (unpaired) electrons. The molecule has 1 heterocycles. The lowest BCUT2D eigenvalue weighted by Crippen LogP contribution is -2.31. The molecule has 1 amide bonds. The number of carbonyl (C=O) groups excluding carboxylic acids is 1. The van der Waals surface area contributed by atoms with E-state index in [-0.39, 0.29) is 23.5 Å². The first kappa shape index (κ1) is 19.0. The second-order valence-corrected chi connectivity index (χ2v) is 7.92. The third kappa shape index (κ3) is 4.92. The Morgan fingerprint density at radius 3 is 2.67 bits per heavy atom. The van der Waals surface area contributed by atoms with Crippen LogP contribution in [0.5, 0.6) is 0 Å². The minimum atomic E-state index is -3.66. The van der Waals surface area contributed by atoms with Gasteiger partial charge in [0.2, 0.25) is 10.0 Å². The van der Waals surface area contributed by atoms with Crippen LogP contribution in [0.1, 0.15) is 28.8 Å². The molecule has 0 spiro atoms. The van der Waals surface area contributed by atoms with Crippen molar-refractivity contribution in [1.29, 1.82) is 5.26 Å². The summed E-state index contributed by atoms with van der Waals surface area (Å²) in [5, 5.41) is 11.6. The van der Waals surface area contributed by atoms with E-state index in [2.05, 4.69) is 10.0 Å². The zero-order chi connectivity index (χ0) is 19.3. The molecule has 7 nitrogen and oxygen atoms in total. The van der Waals surface area contributed by atoms with Gasteiger partial charge in [0.05, 0.1) is 22.6 Å². The Balaban J connectivity index is 1.65. The summed E-state index contributed by atoms with van der Waals surface area (Å²) in [6.45, 7) is 0.896. The SMILES string of the molecule is N#Cc1cccc(NC(=O)c2ccc(S(=O)(=O)NC[C@@H]3CCCO3)cc2)c1. The van der Waals surface area contributed by atoms with Gasteiger partial charge in [0, 0.05) is 24.4 Å². The molecule has 2 aromatic carbocycles. The summed E-state index contributed by atoms with van der Waals surface area (Å²) in [6.07, 6.45) is 1.69. The lowest BCUT2D eigenvalue weighted by molar-refractivity contribution is 0.102. The smallest absolute Gasteiger partial charge is 0.255 e. The van der Waals surface area contributed by atoms with E-state index in [0.717, 1.165) is 12.8 Å². The molecule has 8 heteroatoms. The molecule has 0 saturated carbocycles. The molecule has 1 aliphatic rings. The number of nitrogens with zero attached hydrogens (tertiary/aromatic N) is 1. The van der Waals surface area contributed by atoms with Crippen LogP contribution in [0, 0.1) is 11.3 Å². The van der Waals surface area contributed by atoms with Gasteiger partial charge in [-0.1, -0.05) is 6.07 Å². The van der Waals surface area contributed by atoms with E-state index < -0.39 is 10.0 Å². The molecule has 140 valence electrons. The van der Waals surface area contributed by atoms with Crippen molar-refractivity contribution in [2.45, 2.75) is 23.8 Å². The van der Waals surface area contributed by atoms with Gasteiger partial charge in [-0.3, -0.25) is 4.79 Å². The number of sulfonamides is 1. The van der Waals surface area contributed by atoms with E-state index >= 15 is 0 Å². The number of rotatable bonds is 6. The lowest BCUT2D eigenvalue weighted by Gasteiger charge is -2.12. The second-order valence-electron chi connectivity index (χ2n) is 6.16. The third-order valence-electron chi connectivity index (χ3n) is 4.20. The Hall–Kier alpha value is -2.73. The molecule has 0 aliphatic carbocycles. The summed E-state index contributed by atoms with van der Waals surface area (Å²) in [5.41, 5.74) is 1.25. The molecule has 1 atom stereocenters. The number of nitrogens with one attached hydrogen (secondary N) is 2. The highest BCUT2D eigenvalue weighted by Gasteiger charge is 2.20. The van der Waals surface area contributed by atoms with Crippen molar-refractivity contribution >= 4 is 21.6 Å². The van der Waals surface area contributed by atoms with E-state index in [1.54, 1.807) is 24.3 Å². The molecular weight excluding hydrogens is 366 g/mol. The monoisotopic (exact) mass is 385 g/mol. The van der Waals surface area contributed by atoms with Crippen molar-refractivity contribution in [2.24, 2.45) is 0 Å². The van der Waals surface area contributed by atoms with Crippen molar-refractivity contribution in [1.82, 2.24) is 4.72 Å². The van der Waals surface area contributed by atoms with Crippen molar-refractivity contribution in [2.75, 3.05) is 18.5 Å². The predicted molar refractivity (Wildman–Crippen MR) is 99.7 cm³/mol. The maximum atomic E-state index is 12.3. The zero-order valence-electron chi connectivity index (χ0n) is 14.5. The van der Waals surface area contributed by atoms with Crippen LogP contribution in [0.4, 0.5) is 5.69 Å². The van der Waals surface area contributed by atoms with Gasteiger partial charge < -0.3 is 10.1 Å². The number of hydrogen-bond acceptors (Lipinski definition) is 5. The van der Waals surface area contributed by atoms with Crippen LogP contribution in [0.2, 0.25) is 0 Å². The molecule has 1 fully saturated rings. The molecular formula is C19H19N3O4S.